The van der Waals surface area contributed by atoms with Crippen LogP contribution in [0.3, 0.4) is 0 Å². The van der Waals surface area contributed by atoms with Gasteiger partial charge in [-0.2, -0.15) is 5.06 Å². The quantitative estimate of drug-likeness (QED) is 0.658. The molecule has 1 atom stereocenters. The molecule has 0 aliphatic heterocycles. The summed E-state index contributed by atoms with van der Waals surface area (Å²) in [6, 6.07) is 19.7. The van der Waals surface area contributed by atoms with Gasteiger partial charge in [0.1, 0.15) is 0 Å². The summed E-state index contributed by atoms with van der Waals surface area (Å²) in [5.41, 5.74) is 2.06. The van der Waals surface area contributed by atoms with Gasteiger partial charge in [0.15, 0.2) is 0 Å². The summed E-state index contributed by atoms with van der Waals surface area (Å²) in [5.74, 6) is 6.33. The van der Waals surface area contributed by atoms with E-state index in [1.807, 2.05) is 60.7 Å². The maximum absolute atomic E-state index is 10.3. The summed E-state index contributed by atoms with van der Waals surface area (Å²) >= 11 is 0. The van der Waals surface area contributed by atoms with Crippen molar-refractivity contribution in [2.45, 2.75) is 32.4 Å². The fourth-order valence-electron chi connectivity index (χ4n) is 2.14. The van der Waals surface area contributed by atoms with Crippen LogP contribution in [0.2, 0.25) is 0 Å². The summed E-state index contributed by atoms with van der Waals surface area (Å²) < 4.78 is 0. The Kier molecular flexibility index (Phi) is 6.02. The van der Waals surface area contributed by atoms with Gasteiger partial charge in [-0.15, -0.1) is 0 Å². The molecule has 0 aliphatic rings. The molecule has 0 fully saturated rings. The highest BCUT2D eigenvalue weighted by Crippen LogP contribution is 2.10. The van der Waals surface area contributed by atoms with E-state index >= 15 is 0 Å². The largest absolute Gasteiger partial charge is 0.312 e. The third-order valence-electron chi connectivity index (χ3n) is 3.27. The topological polar surface area (TPSA) is 23.5 Å². The second-order valence-corrected chi connectivity index (χ2v) is 5.02. The maximum Gasteiger partial charge on any atom is 0.0963 e. The number of nitrogens with zero attached hydrogens (tertiary/aromatic N) is 1. The standard InChI is InChI=1S/C19H21NO/c1-2-9-19(15-14-17-10-5-3-6-11-17)20(21)16-18-12-7-4-8-13-18/h3-8,10-13,19,21H,2,9,16H2,1H3. The predicted molar refractivity (Wildman–Crippen MR) is 85.8 cm³/mol. The molecule has 0 bridgehead atoms. The molecule has 2 aromatic carbocycles. The average molecular weight is 279 g/mol. The van der Waals surface area contributed by atoms with Gasteiger partial charge in [-0.25, -0.2) is 0 Å². The first kappa shape index (κ1) is 15.3. The predicted octanol–water partition coefficient (Wildman–Crippen LogP) is 4.10. The van der Waals surface area contributed by atoms with Crippen LogP contribution >= 0.6 is 0 Å². The van der Waals surface area contributed by atoms with Gasteiger partial charge in [0.25, 0.3) is 0 Å². The van der Waals surface area contributed by atoms with Gasteiger partial charge < -0.3 is 5.21 Å². The van der Waals surface area contributed by atoms with E-state index in [-0.39, 0.29) is 6.04 Å². The highest BCUT2D eigenvalue weighted by Gasteiger charge is 2.13. The highest BCUT2D eigenvalue weighted by molar-refractivity contribution is 5.34. The van der Waals surface area contributed by atoms with Crippen LogP contribution in [0.1, 0.15) is 30.9 Å². The van der Waals surface area contributed by atoms with Crippen molar-refractivity contribution in [2.24, 2.45) is 0 Å². The van der Waals surface area contributed by atoms with E-state index in [0.29, 0.717) is 6.54 Å². The van der Waals surface area contributed by atoms with Crippen LogP contribution in [0.15, 0.2) is 60.7 Å². The minimum atomic E-state index is -0.143. The van der Waals surface area contributed by atoms with Crippen molar-refractivity contribution in [3.05, 3.63) is 71.8 Å². The lowest BCUT2D eigenvalue weighted by atomic mass is 10.1. The Bertz CT molecular complexity index is 583. The number of benzene rings is 2. The van der Waals surface area contributed by atoms with Gasteiger partial charge in [0.2, 0.25) is 0 Å². The average Bonchev–Trinajstić information content (AvgIpc) is 2.53. The van der Waals surface area contributed by atoms with Gasteiger partial charge in [-0.3, -0.25) is 0 Å². The maximum atomic E-state index is 10.3. The summed E-state index contributed by atoms with van der Waals surface area (Å²) in [4.78, 5) is 0. The van der Waals surface area contributed by atoms with Gasteiger partial charge in [-0.1, -0.05) is 73.7 Å². The lowest BCUT2D eigenvalue weighted by Gasteiger charge is -2.21. The Morgan fingerprint density at radius 1 is 1.00 bits per heavy atom. The van der Waals surface area contributed by atoms with Crippen molar-refractivity contribution < 1.29 is 5.21 Å². The molecular formula is C19H21NO. The van der Waals surface area contributed by atoms with E-state index in [4.69, 9.17) is 0 Å². The summed E-state index contributed by atoms with van der Waals surface area (Å²) in [6.45, 7) is 2.60. The van der Waals surface area contributed by atoms with Gasteiger partial charge >= 0.3 is 0 Å². The van der Waals surface area contributed by atoms with E-state index in [0.717, 1.165) is 24.0 Å². The van der Waals surface area contributed by atoms with E-state index in [9.17, 15) is 5.21 Å². The van der Waals surface area contributed by atoms with Crippen molar-refractivity contribution in [1.29, 1.82) is 0 Å². The Morgan fingerprint density at radius 2 is 1.62 bits per heavy atom. The van der Waals surface area contributed by atoms with Crippen LogP contribution in [0.5, 0.6) is 0 Å². The fourth-order valence-corrected chi connectivity index (χ4v) is 2.14. The van der Waals surface area contributed by atoms with Gasteiger partial charge in [0.05, 0.1) is 12.6 Å². The summed E-state index contributed by atoms with van der Waals surface area (Å²) in [6.07, 6.45) is 1.84. The SMILES string of the molecule is CCCC(C#Cc1ccccc1)N(O)Cc1ccccc1. The molecule has 0 heterocycles. The molecular weight excluding hydrogens is 258 g/mol. The van der Waals surface area contributed by atoms with Crippen LogP contribution in [-0.4, -0.2) is 16.3 Å². The first-order valence-corrected chi connectivity index (χ1v) is 7.35. The number of hydrogen-bond acceptors (Lipinski definition) is 2. The van der Waals surface area contributed by atoms with Crippen LogP contribution in [-0.2, 0) is 6.54 Å². The second kappa shape index (κ2) is 8.26. The molecule has 21 heavy (non-hydrogen) atoms. The highest BCUT2D eigenvalue weighted by atomic mass is 16.5. The molecule has 0 radical (unpaired) electrons. The Balaban J connectivity index is 2.06. The van der Waals surface area contributed by atoms with Crippen LogP contribution in [0.4, 0.5) is 0 Å². The van der Waals surface area contributed by atoms with E-state index in [2.05, 4.69) is 18.8 Å². The zero-order chi connectivity index (χ0) is 14.9. The van der Waals surface area contributed by atoms with Crippen molar-refractivity contribution in [2.75, 3.05) is 0 Å². The van der Waals surface area contributed by atoms with E-state index < -0.39 is 0 Å². The zero-order valence-electron chi connectivity index (χ0n) is 12.4. The third kappa shape index (κ3) is 5.07. The molecule has 2 heteroatoms. The molecule has 0 aromatic heterocycles. The molecule has 108 valence electrons. The molecule has 2 nitrogen and oxygen atoms in total. The monoisotopic (exact) mass is 279 g/mol. The molecule has 0 aliphatic carbocycles. The molecule has 1 N–H and O–H groups in total. The minimum absolute atomic E-state index is 0.143. The van der Waals surface area contributed by atoms with Crippen molar-refractivity contribution in [3.8, 4) is 11.8 Å². The summed E-state index contributed by atoms with van der Waals surface area (Å²) in [5, 5.41) is 11.6. The lowest BCUT2D eigenvalue weighted by Crippen LogP contribution is -2.30. The fraction of sp³-hybridized carbons (Fsp3) is 0.263. The van der Waals surface area contributed by atoms with Crippen molar-refractivity contribution >= 4 is 0 Å². The van der Waals surface area contributed by atoms with Crippen LogP contribution in [0.25, 0.3) is 0 Å². The molecule has 0 saturated carbocycles. The lowest BCUT2D eigenvalue weighted by molar-refractivity contribution is -0.121. The number of rotatable bonds is 5. The van der Waals surface area contributed by atoms with Crippen LogP contribution in [0, 0.1) is 11.8 Å². The van der Waals surface area contributed by atoms with Crippen molar-refractivity contribution in [3.63, 3.8) is 0 Å². The molecule has 0 spiro atoms. The summed E-state index contributed by atoms with van der Waals surface area (Å²) in [7, 11) is 0. The van der Waals surface area contributed by atoms with E-state index in [1.54, 1.807) is 0 Å². The molecule has 2 rings (SSSR count). The second-order valence-electron chi connectivity index (χ2n) is 5.02. The first-order chi connectivity index (χ1) is 10.3. The normalized spacial score (nSPS) is 11.8. The Morgan fingerprint density at radius 3 is 2.24 bits per heavy atom. The molecule has 2 aromatic rings. The van der Waals surface area contributed by atoms with Crippen LogP contribution < -0.4 is 0 Å². The zero-order valence-corrected chi connectivity index (χ0v) is 12.4. The smallest absolute Gasteiger partial charge is 0.0963 e. The van der Waals surface area contributed by atoms with Gasteiger partial charge in [-0.05, 0) is 24.1 Å². The molecule has 1 unspecified atom stereocenters. The Hall–Kier alpha value is -2.08. The van der Waals surface area contributed by atoms with Crippen molar-refractivity contribution in [1.82, 2.24) is 5.06 Å². The minimum Gasteiger partial charge on any atom is -0.312 e. The number of hydrogen-bond donors (Lipinski definition) is 1. The molecule has 0 amide bonds. The van der Waals surface area contributed by atoms with E-state index in [1.165, 1.54) is 5.06 Å². The third-order valence-corrected chi connectivity index (χ3v) is 3.27. The first-order valence-electron chi connectivity index (χ1n) is 7.35. The number of hydroxylamine groups is 2. The van der Waals surface area contributed by atoms with Gasteiger partial charge in [0, 0.05) is 5.56 Å². The molecule has 0 saturated heterocycles. The Labute approximate surface area is 127 Å².